The van der Waals surface area contributed by atoms with Gasteiger partial charge < -0.3 is 19.5 Å². The van der Waals surface area contributed by atoms with Gasteiger partial charge in [0.15, 0.2) is 0 Å². The van der Waals surface area contributed by atoms with Gasteiger partial charge >= 0.3 is 0 Å². The second-order valence-electron chi connectivity index (χ2n) is 8.85. The summed E-state index contributed by atoms with van der Waals surface area (Å²) in [7, 11) is 0. The molecule has 2 aromatic carbocycles. The minimum absolute atomic E-state index is 0.0195. The summed E-state index contributed by atoms with van der Waals surface area (Å²) in [6.45, 7) is 6.29. The molecule has 36 heavy (non-hydrogen) atoms. The van der Waals surface area contributed by atoms with E-state index in [1.165, 1.54) is 4.90 Å². The Balaban J connectivity index is 1.71. The average Bonchev–Trinajstić information content (AvgIpc) is 3.14. The standard InChI is InChI=1S/C27H30Cl2N2O5/c1-2-3-13-36-20-6-4-5-19(16-20)25(32)23-24(18-7-8-21(28)22(29)17-18)31(27(34)26(23)33)10-9-30-11-14-35-15-12-30/h4-8,16-17,24,32H,2-3,9-15H2,1H3/b25-23+. The number of carbonyl (C=O) groups excluding carboxylic acids is 2. The molecule has 0 radical (unpaired) electrons. The van der Waals surface area contributed by atoms with Crippen LogP contribution in [-0.4, -0.2) is 72.6 Å². The summed E-state index contributed by atoms with van der Waals surface area (Å²) in [5.74, 6) is -1.06. The molecule has 1 atom stereocenters. The van der Waals surface area contributed by atoms with E-state index in [2.05, 4.69) is 11.8 Å². The maximum Gasteiger partial charge on any atom is 0.295 e. The fourth-order valence-electron chi connectivity index (χ4n) is 4.44. The number of morpholine rings is 1. The number of Topliss-reactive ketones (excluding diaryl/α,β-unsaturated/α-hetero) is 1. The molecular formula is C27H30Cl2N2O5. The van der Waals surface area contributed by atoms with Crippen LogP contribution in [0, 0.1) is 0 Å². The van der Waals surface area contributed by atoms with E-state index in [4.69, 9.17) is 32.7 Å². The van der Waals surface area contributed by atoms with Gasteiger partial charge in [0.05, 0.1) is 41.5 Å². The number of ether oxygens (including phenoxy) is 2. The number of nitrogens with zero attached hydrogens (tertiary/aromatic N) is 2. The Morgan fingerprint density at radius 3 is 2.58 bits per heavy atom. The topological polar surface area (TPSA) is 79.3 Å². The fourth-order valence-corrected chi connectivity index (χ4v) is 4.74. The second kappa shape index (κ2) is 12.1. The number of hydrogen-bond acceptors (Lipinski definition) is 6. The van der Waals surface area contributed by atoms with E-state index < -0.39 is 17.7 Å². The van der Waals surface area contributed by atoms with Gasteiger partial charge in [-0.3, -0.25) is 14.5 Å². The van der Waals surface area contributed by atoms with Gasteiger partial charge in [0.1, 0.15) is 11.5 Å². The van der Waals surface area contributed by atoms with Crippen LogP contribution in [0.15, 0.2) is 48.0 Å². The van der Waals surface area contributed by atoms with Gasteiger partial charge in [-0.05, 0) is 36.2 Å². The number of amides is 1. The Labute approximate surface area is 221 Å². The molecule has 9 heteroatoms. The van der Waals surface area contributed by atoms with Crippen LogP contribution in [0.5, 0.6) is 5.75 Å². The highest BCUT2D eigenvalue weighted by atomic mass is 35.5. The normalized spacial score (nSPS) is 20.2. The first-order chi connectivity index (χ1) is 17.4. The van der Waals surface area contributed by atoms with Gasteiger partial charge in [0.25, 0.3) is 11.7 Å². The highest BCUT2D eigenvalue weighted by Gasteiger charge is 2.46. The molecule has 1 amide bonds. The number of ketones is 1. The van der Waals surface area contributed by atoms with E-state index in [0.717, 1.165) is 25.9 Å². The van der Waals surface area contributed by atoms with E-state index >= 15 is 0 Å². The summed E-state index contributed by atoms with van der Waals surface area (Å²) in [6, 6.07) is 11.1. The third kappa shape index (κ3) is 5.86. The highest BCUT2D eigenvalue weighted by Crippen LogP contribution is 2.41. The quantitative estimate of drug-likeness (QED) is 0.213. The highest BCUT2D eigenvalue weighted by molar-refractivity contribution is 6.46. The summed E-state index contributed by atoms with van der Waals surface area (Å²) in [5.41, 5.74) is 1.02. The maximum absolute atomic E-state index is 13.3. The van der Waals surface area contributed by atoms with Gasteiger partial charge in [-0.1, -0.05) is 54.7 Å². The first-order valence-corrected chi connectivity index (χ1v) is 12.9. The van der Waals surface area contributed by atoms with Crippen molar-refractivity contribution in [2.45, 2.75) is 25.8 Å². The Bertz CT molecular complexity index is 1150. The molecule has 2 aliphatic heterocycles. The number of hydrogen-bond donors (Lipinski definition) is 1. The molecule has 0 aliphatic carbocycles. The maximum atomic E-state index is 13.3. The lowest BCUT2D eigenvalue weighted by molar-refractivity contribution is -0.140. The van der Waals surface area contributed by atoms with Crippen LogP contribution in [0.3, 0.4) is 0 Å². The molecule has 2 aliphatic rings. The van der Waals surface area contributed by atoms with Crippen molar-refractivity contribution in [2.24, 2.45) is 0 Å². The number of carbonyl (C=O) groups is 2. The van der Waals surface area contributed by atoms with Crippen LogP contribution in [0.2, 0.25) is 10.0 Å². The fraction of sp³-hybridized carbons (Fsp3) is 0.407. The van der Waals surface area contributed by atoms with Crippen LogP contribution in [0.25, 0.3) is 5.76 Å². The molecular weight excluding hydrogens is 503 g/mol. The third-order valence-corrected chi connectivity index (χ3v) is 7.17. The Hall–Kier alpha value is -2.58. The van der Waals surface area contributed by atoms with E-state index in [9.17, 15) is 14.7 Å². The molecule has 0 bridgehead atoms. The van der Waals surface area contributed by atoms with Gasteiger partial charge in [-0.2, -0.15) is 0 Å². The van der Waals surface area contributed by atoms with Crippen LogP contribution >= 0.6 is 23.2 Å². The SMILES string of the molecule is CCCCOc1cccc(/C(O)=C2\C(=O)C(=O)N(CCN3CCOCC3)C2c2ccc(Cl)c(Cl)c2)c1. The Morgan fingerprint density at radius 1 is 1.08 bits per heavy atom. The van der Waals surface area contributed by atoms with Crippen LogP contribution < -0.4 is 4.74 Å². The molecule has 192 valence electrons. The number of unbranched alkanes of at least 4 members (excludes halogenated alkanes) is 1. The predicted octanol–water partition coefficient (Wildman–Crippen LogP) is 4.93. The van der Waals surface area contributed by atoms with Crippen molar-refractivity contribution >= 4 is 40.7 Å². The smallest absolute Gasteiger partial charge is 0.295 e. The van der Waals surface area contributed by atoms with Crippen molar-refractivity contribution in [3.63, 3.8) is 0 Å². The lowest BCUT2D eigenvalue weighted by Crippen LogP contribution is -2.42. The molecule has 4 rings (SSSR count). The predicted molar refractivity (Wildman–Crippen MR) is 140 cm³/mol. The molecule has 1 unspecified atom stereocenters. The van der Waals surface area contributed by atoms with Crippen molar-refractivity contribution in [1.29, 1.82) is 0 Å². The summed E-state index contributed by atoms with van der Waals surface area (Å²) in [4.78, 5) is 30.2. The molecule has 0 spiro atoms. The second-order valence-corrected chi connectivity index (χ2v) is 9.66. The van der Waals surface area contributed by atoms with E-state index in [0.29, 0.717) is 59.8 Å². The Morgan fingerprint density at radius 2 is 1.86 bits per heavy atom. The summed E-state index contributed by atoms with van der Waals surface area (Å²) in [6.07, 6.45) is 1.90. The molecule has 2 fully saturated rings. The molecule has 0 aromatic heterocycles. The number of rotatable bonds is 9. The minimum atomic E-state index is -0.800. The van der Waals surface area contributed by atoms with Crippen LogP contribution in [-0.2, 0) is 14.3 Å². The van der Waals surface area contributed by atoms with E-state index in [1.807, 2.05) is 0 Å². The Kier molecular flexibility index (Phi) is 8.90. The molecule has 2 aromatic rings. The number of aliphatic hydroxyl groups is 1. The van der Waals surface area contributed by atoms with Gasteiger partial charge in [-0.25, -0.2) is 0 Å². The van der Waals surface area contributed by atoms with Gasteiger partial charge in [-0.15, -0.1) is 0 Å². The molecule has 2 heterocycles. The number of benzene rings is 2. The van der Waals surface area contributed by atoms with Crippen molar-refractivity contribution in [3.8, 4) is 5.75 Å². The average molecular weight is 533 g/mol. The molecule has 1 N–H and O–H groups in total. The number of likely N-dealkylation sites (tertiary alicyclic amines) is 1. The largest absolute Gasteiger partial charge is 0.507 e. The molecule has 2 saturated heterocycles. The van der Waals surface area contributed by atoms with Crippen LogP contribution in [0.1, 0.15) is 36.9 Å². The van der Waals surface area contributed by atoms with Gasteiger partial charge in [0.2, 0.25) is 0 Å². The monoisotopic (exact) mass is 532 g/mol. The minimum Gasteiger partial charge on any atom is -0.507 e. The molecule has 0 saturated carbocycles. The molecule has 7 nitrogen and oxygen atoms in total. The van der Waals surface area contributed by atoms with Crippen molar-refractivity contribution in [1.82, 2.24) is 9.80 Å². The van der Waals surface area contributed by atoms with Crippen molar-refractivity contribution < 1.29 is 24.2 Å². The lowest BCUT2D eigenvalue weighted by Gasteiger charge is -2.31. The van der Waals surface area contributed by atoms with Crippen molar-refractivity contribution in [2.75, 3.05) is 46.0 Å². The number of aliphatic hydroxyl groups excluding tert-OH is 1. The summed E-state index contributed by atoms with van der Waals surface area (Å²) >= 11 is 12.4. The van der Waals surface area contributed by atoms with Gasteiger partial charge in [0, 0.05) is 31.7 Å². The van der Waals surface area contributed by atoms with E-state index in [-0.39, 0.29) is 11.3 Å². The zero-order valence-electron chi connectivity index (χ0n) is 20.2. The lowest BCUT2D eigenvalue weighted by atomic mass is 9.95. The van der Waals surface area contributed by atoms with Crippen LogP contribution in [0.4, 0.5) is 0 Å². The van der Waals surface area contributed by atoms with Crippen molar-refractivity contribution in [3.05, 3.63) is 69.2 Å². The first kappa shape index (κ1) is 26.5. The zero-order chi connectivity index (χ0) is 25.7. The zero-order valence-corrected chi connectivity index (χ0v) is 21.7. The first-order valence-electron chi connectivity index (χ1n) is 12.2. The van der Waals surface area contributed by atoms with E-state index in [1.54, 1.807) is 42.5 Å². The summed E-state index contributed by atoms with van der Waals surface area (Å²) < 4.78 is 11.2. The summed E-state index contributed by atoms with van der Waals surface area (Å²) in [5, 5.41) is 12.0. The number of halogens is 2. The third-order valence-electron chi connectivity index (χ3n) is 6.43.